The van der Waals surface area contributed by atoms with E-state index < -0.39 is 0 Å². The van der Waals surface area contributed by atoms with E-state index in [1.165, 1.54) is 0 Å². The summed E-state index contributed by atoms with van der Waals surface area (Å²) in [5.41, 5.74) is 0. The molecule has 0 saturated carbocycles. The zero-order valence-corrected chi connectivity index (χ0v) is 8.38. The Bertz CT molecular complexity index is 117. The first kappa shape index (κ1) is 10.0. The van der Waals surface area contributed by atoms with Crippen LogP contribution in [0.5, 0.6) is 0 Å². The van der Waals surface area contributed by atoms with Gasteiger partial charge in [0.1, 0.15) is 0 Å². The van der Waals surface area contributed by atoms with E-state index in [-0.39, 0.29) is 0 Å². The summed E-state index contributed by atoms with van der Waals surface area (Å²) in [6.07, 6.45) is 2.96. The SMILES string of the molecule is CC(C)C(C)OC1CCOCC1. The zero-order chi connectivity index (χ0) is 8.97. The topological polar surface area (TPSA) is 18.5 Å². The summed E-state index contributed by atoms with van der Waals surface area (Å²) in [7, 11) is 0. The standard InChI is InChI=1S/C10H20O2/c1-8(2)9(3)12-10-4-6-11-7-5-10/h8-10H,4-7H2,1-3H3. The van der Waals surface area contributed by atoms with Gasteiger partial charge in [0.2, 0.25) is 0 Å². The molecule has 1 atom stereocenters. The minimum atomic E-state index is 0.382. The predicted molar refractivity (Wildman–Crippen MR) is 49.2 cm³/mol. The molecule has 1 unspecified atom stereocenters. The Balaban J connectivity index is 2.20. The van der Waals surface area contributed by atoms with E-state index in [1.54, 1.807) is 0 Å². The lowest BCUT2D eigenvalue weighted by Gasteiger charge is -2.27. The molecule has 0 bridgehead atoms. The lowest BCUT2D eigenvalue weighted by molar-refractivity contribution is -0.0755. The van der Waals surface area contributed by atoms with Crippen molar-refractivity contribution in [3.63, 3.8) is 0 Å². The quantitative estimate of drug-likeness (QED) is 0.650. The lowest BCUT2D eigenvalue weighted by atomic mass is 10.1. The molecule has 0 N–H and O–H groups in total. The number of hydrogen-bond acceptors (Lipinski definition) is 2. The van der Waals surface area contributed by atoms with Crippen molar-refractivity contribution in [1.29, 1.82) is 0 Å². The molecule has 2 nitrogen and oxygen atoms in total. The van der Waals surface area contributed by atoms with Gasteiger partial charge in [-0.3, -0.25) is 0 Å². The van der Waals surface area contributed by atoms with Gasteiger partial charge in [0.25, 0.3) is 0 Å². The minimum Gasteiger partial charge on any atom is -0.381 e. The van der Waals surface area contributed by atoms with Gasteiger partial charge < -0.3 is 9.47 Å². The van der Waals surface area contributed by atoms with Crippen LogP contribution in [0.3, 0.4) is 0 Å². The van der Waals surface area contributed by atoms with Gasteiger partial charge in [-0.25, -0.2) is 0 Å². The third-order valence-corrected chi connectivity index (χ3v) is 2.51. The summed E-state index contributed by atoms with van der Waals surface area (Å²) in [4.78, 5) is 0. The molecule has 1 saturated heterocycles. The van der Waals surface area contributed by atoms with Crippen molar-refractivity contribution >= 4 is 0 Å². The summed E-state index contributed by atoms with van der Waals surface area (Å²) < 4.78 is 11.1. The second-order valence-electron chi connectivity index (χ2n) is 3.90. The molecule has 1 aliphatic heterocycles. The van der Waals surface area contributed by atoms with Crippen LogP contribution in [0, 0.1) is 5.92 Å². The fourth-order valence-corrected chi connectivity index (χ4v) is 1.27. The van der Waals surface area contributed by atoms with Crippen molar-refractivity contribution in [2.24, 2.45) is 5.92 Å². The van der Waals surface area contributed by atoms with Crippen molar-refractivity contribution in [2.75, 3.05) is 13.2 Å². The molecule has 0 radical (unpaired) electrons. The second kappa shape index (κ2) is 4.83. The molecular formula is C10H20O2. The summed E-state index contributed by atoms with van der Waals surface area (Å²) in [6.45, 7) is 8.29. The van der Waals surface area contributed by atoms with Crippen molar-refractivity contribution in [3.8, 4) is 0 Å². The van der Waals surface area contributed by atoms with E-state index in [2.05, 4.69) is 20.8 Å². The van der Waals surface area contributed by atoms with Gasteiger partial charge in [-0.05, 0) is 25.7 Å². The van der Waals surface area contributed by atoms with E-state index in [0.717, 1.165) is 26.1 Å². The molecule has 0 aromatic rings. The molecule has 0 spiro atoms. The molecule has 0 amide bonds. The predicted octanol–water partition coefficient (Wildman–Crippen LogP) is 2.23. The summed E-state index contributed by atoms with van der Waals surface area (Å²) >= 11 is 0. The first-order valence-electron chi connectivity index (χ1n) is 4.93. The smallest absolute Gasteiger partial charge is 0.0622 e. The normalized spacial score (nSPS) is 23.0. The van der Waals surface area contributed by atoms with Crippen LogP contribution in [0.4, 0.5) is 0 Å². The van der Waals surface area contributed by atoms with Gasteiger partial charge in [0, 0.05) is 13.2 Å². The van der Waals surface area contributed by atoms with E-state index >= 15 is 0 Å². The summed E-state index contributed by atoms with van der Waals surface area (Å²) in [6, 6.07) is 0. The van der Waals surface area contributed by atoms with Crippen LogP contribution in [0.25, 0.3) is 0 Å². The highest BCUT2D eigenvalue weighted by molar-refractivity contribution is 4.65. The van der Waals surface area contributed by atoms with Crippen LogP contribution in [-0.4, -0.2) is 25.4 Å². The third kappa shape index (κ3) is 3.11. The molecule has 1 aliphatic rings. The molecule has 0 aromatic carbocycles. The second-order valence-corrected chi connectivity index (χ2v) is 3.90. The van der Waals surface area contributed by atoms with Crippen LogP contribution in [0.2, 0.25) is 0 Å². The number of rotatable bonds is 3. The first-order chi connectivity index (χ1) is 5.70. The molecule has 0 aliphatic carbocycles. The average molecular weight is 172 g/mol. The Morgan fingerprint density at radius 1 is 1.17 bits per heavy atom. The van der Waals surface area contributed by atoms with E-state index in [4.69, 9.17) is 9.47 Å². The van der Waals surface area contributed by atoms with Crippen molar-refractivity contribution < 1.29 is 9.47 Å². The zero-order valence-electron chi connectivity index (χ0n) is 8.38. The Morgan fingerprint density at radius 2 is 1.75 bits per heavy atom. The van der Waals surface area contributed by atoms with Crippen molar-refractivity contribution in [1.82, 2.24) is 0 Å². The molecule has 72 valence electrons. The Kier molecular flexibility index (Phi) is 4.02. The van der Waals surface area contributed by atoms with Crippen molar-refractivity contribution in [2.45, 2.75) is 45.8 Å². The Labute approximate surface area is 75.2 Å². The molecule has 2 heteroatoms. The first-order valence-corrected chi connectivity index (χ1v) is 4.93. The Hall–Kier alpha value is -0.0800. The van der Waals surface area contributed by atoms with E-state index in [1.807, 2.05) is 0 Å². The number of ether oxygens (including phenoxy) is 2. The molecule has 1 rings (SSSR count). The van der Waals surface area contributed by atoms with E-state index in [0.29, 0.717) is 18.1 Å². The summed E-state index contributed by atoms with van der Waals surface area (Å²) in [5.74, 6) is 0.618. The minimum absolute atomic E-state index is 0.382. The maximum absolute atomic E-state index is 5.87. The fourth-order valence-electron chi connectivity index (χ4n) is 1.27. The molecule has 0 aromatic heterocycles. The molecular weight excluding hydrogens is 152 g/mol. The number of hydrogen-bond donors (Lipinski definition) is 0. The van der Waals surface area contributed by atoms with Gasteiger partial charge in [-0.1, -0.05) is 13.8 Å². The van der Waals surface area contributed by atoms with Gasteiger partial charge in [0.15, 0.2) is 0 Å². The van der Waals surface area contributed by atoms with Crippen LogP contribution in [0.1, 0.15) is 33.6 Å². The fraction of sp³-hybridized carbons (Fsp3) is 1.00. The van der Waals surface area contributed by atoms with Crippen LogP contribution >= 0.6 is 0 Å². The van der Waals surface area contributed by atoms with Gasteiger partial charge in [-0.2, -0.15) is 0 Å². The Morgan fingerprint density at radius 3 is 2.25 bits per heavy atom. The monoisotopic (exact) mass is 172 g/mol. The van der Waals surface area contributed by atoms with Crippen LogP contribution in [-0.2, 0) is 9.47 Å². The lowest BCUT2D eigenvalue weighted by Crippen LogP contribution is -2.29. The van der Waals surface area contributed by atoms with Gasteiger partial charge in [0.05, 0.1) is 12.2 Å². The van der Waals surface area contributed by atoms with E-state index in [9.17, 15) is 0 Å². The highest BCUT2D eigenvalue weighted by Gasteiger charge is 2.18. The highest BCUT2D eigenvalue weighted by atomic mass is 16.5. The summed E-state index contributed by atoms with van der Waals surface area (Å²) in [5, 5.41) is 0. The molecule has 12 heavy (non-hydrogen) atoms. The third-order valence-electron chi connectivity index (χ3n) is 2.51. The van der Waals surface area contributed by atoms with Crippen LogP contribution in [0.15, 0.2) is 0 Å². The highest BCUT2D eigenvalue weighted by Crippen LogP contribution is 2.16. The van der Waals surface area contributed by atoms with Gasteiger partial charge in [-0.15, -0.1) is 0 Å². The average Bonchev–Trinajstić information content (AvgIpc) is 2.06. The van der Waals surface area contributed by atoms with Crippen molar-refractivity contribution in [3.05, 3.63) is 0 Å². The molecule has 1 heterocycles. The largest absolute Gasteiger partial charge is 0.381 e. The maximum Gasteiger partial charge on any atom is 0.0622 e. The maximum atomic E-state index is 5.87. The van der Waals surface area contributed by atoms with Crippen LogP contribution < -0.4 is 0 Å². The van der Waals surface area contributed by atoms with Gasteiger partial charge >= 0.3 is 0 Å². The molecule has 1 fully saturated rings.